The molecule has 178 valence electrons. The van der Waals surface area contributed by atoms with Gasteiger partial charge >= 0.3 is 6.03 Å². The third-order valence-electron chi connectivity index (χ3n) is 5.89. The minimum atomic E-state index is -0.437. The number of hydrogen-bond acceptors (Lipinski definition) is 6. The van der Waals surface area contributed by atoms with Gasteiger partial charge in [0.15, 0.2) is 0 Å². The van der Waals surface area contributed by atoms with Gasteiger partial charge in [0.2, 0.25) is 5.82 Å². The highest BCUT2D eigenvalue weighted by Gasteiger charge is 2.35. The number of urea groups is 1. The molecule has 0 saturated carbocycles. The molecular weight excluding hydrogens is 432 g/mol. The van der Waals surface area contributed by atoms with E-state index in [1.54, 1.807) is 12.0 Å². The number of amides is 2. The van der Waals surface area contributed by atoms with E-state index in [4.69, 9.17) is 19.0 Å². The molecule has 4 rings (SSSR count). The average Bonchev–Trinajstić information content (AvgIpc) is 3.33. The molecule has 1 atom stereocenters. The molecule has 2 aromatic carbocycles. The second kappa shape index (κ2) is 10.5. The van der Waals surface area contributed by atoms with Crippen molar-refractivity contribution >= 4 is 11.6 Å². The second-order valence-corrected chi connectivity index (χ2v) is 8.15. The Balaban J connectivity index is 1.72. The quantitative estimate of drug-likeness (QED) is 0.451. The number of rotatable bonds is 9. The molecule has 0 bridgehead atoms. The van der Waals surface area contributed by atoms with Crippen LogP contribution in [0.2, 0.25) is 0 Å². The molecule has 1 aromatic heterocycles. The predicted octanol–water partition coefficient (Wildman–Crippen LogP) is 4.98. The van der Waals surface area contributed by atoms with Crippen LogP contribution in [0.4, 0.5) is 4.79 Å². The summed E-state index contributed by atoms with van der Waals surface area (Å²) in [6.07, 6.45) is 0.720. The van der Waals surface area contributed by atoms with Gasteiger partial charge in [-0.05, 0) is 44.9 Å². The zero-order valence-corrected chi connectivity index (χ0v) is 20.0. The number of carbonyl (C=O) groups is 1. The highest BCUT2D eigenvalue weighted by Crippen LogP contribution is 2.37. The maximum Gasteiger partial charge on any atom is 0.322 e. The number of nitrogens with one attached hydrogen (secondary N) is 1. The van der Waals surface area contributed by atoms with Crippen LogP contribution in [-0.2, 0) is 4.74 Å². The number of carbonyl (C=O) groups excluding carboxylic acids is 1. The number of methoxy groups -OCH3 is 1. The van der Waals surface area contributed by atoms with Crippen LogP contribution in [0.3, 0.4) is 0 Å². The van der Waals surface area contributed by atoms with Crippen molar-refractivity contribution in [1.29, 1.82) is 0 Å². The van der Waals surface area contributed by atoms with Gasteiger partial charge in [0.05, 0.1) is 18.7 Å². The summed E-state index contributed by atoms with van der Waals surface area (Å²) in [5.74, 6) is 1.62. The fraction of sp³-hybridized carbons (Fsp3) is 0.346. The minimum absolute atomic E-state index is 0.170. The molecule has 2 heterocycles. The summed E-state index contributed by atoms with van der Waals surface area (Å²) in [6.45, 7) is 7.66. The molecule has 3 aromatic rings. The SMILES string of the molecule is CCOCCCN1C(=O)NC(c2ccc(OC)cc2)C(c2nc(-c3ccc(C)cc3)no2)=C1C. The van der Waals surface area contributed by atoms with E-state index in [0.717, 1.165) is 40.1 Å². The number of hydrogen-bond donors (Lipinski definition) is 1. The number of benzene rings is 2. The standard InChI is InChI=1S/C26H30N4O4/c1-5-33-16-6-15-30-18(3)22(23(27-26(30)31)19-11-13-21(32-4)14-12-19)25-28-24(29-34-25)20-9-7-17(2)8-10-20/h7-14,23H,5-6,15-16H2,1-4H3,(H,27,31). The van der Waals surface area contributed by atoms with E-state index in [-0.39, 0.29) is 6.03 Å². The summed E-state index contributed by atoms with van der Waals surface area (Å²) >= 11 is 0. The smallest absolute Gasteiger partial charge is 0.322 e. The van der Waals surface area contributed by atoms with Crippen molar-refractivity contribution in [3.63, 3.8) is 0 Å². The summed E-state index contributed by atoms with van der Waals surface area (Å²) in [5, 5.41) is 7.34. The normalized spacial score (nSPS) is 16.1. The molecule has 0 spiro atoms. The summed E-state index contributed by atoms with van der Waals surface area (Å²) in [7, 11) is 1.62. The Labute approximate surface area is 199 Å². The van der Waals surface area contributed by atoms with Gasteiger partial charge in [-0.1, -0.05) is 47.1 Å². The van der Waals surface area contributed by atoms with Crippen molar-refractivity contribution in [2.45, 2.75) is 33.2 Å². The zero-order chi connectivity index (χ0) is 24.1. The Kier molecular flexibility index (Phi) is 7.27. The van der Waals surface area contributed by atoms with E-state index in [1.165, 1.54) is 0 Å². The maximum atomic E-state index is 13.1. The molecule has 0 radical (unpaired) electrons. The number of aryl methyl sites for hydroxylation is 1. The van der Waals surface area contributed by atoms with Crippen LogP contribution in [0, 0.1) is 6.92 Å². The molecule has 2 amide bonds. The van der Waals surface area contributed by atoms with Crippen LogP contribution in [0.1, 0.15) is 43.3 Å². The minimum Gasteiger partial charge on any atom is -0.497 e. The third kappa shape index (κ3) is 4.97. The summed E-state index contributed by atoms with van der Waals surface area (Å²) in [6, 6.07) is 14.9. The fourth-order valence-electron chi connectivity index (χ4n) is 4.00. The monoisotopic (exact) mass is 462 g/mol. The lowest BCUT2D eigenvalue weighted by molar-refractivity contribution is 0.136. The van der Waals surface area contributed by atoms with Gasteiger partial charge in [0.1, 0.15) is 5.75 Å². The predicted molar refractivity (Wildman–Crippen MR) is 129 cm³/mol. The Bertz CT molecular complexity index is 1150. The third-order valence-corrected chi connectivity index (χ3v) is 5.89. The van der Waals surface area contributed by atoms with Gasteiger partial charge in [-0.2, -0.15) is 4.98 Å². The molecule has 0 fully saturated rings. The number of ether oxygens (including phenoxy) is 2. The van der Waals surface area contributed by atoms with Crippen LogP contribution in [0.5, 0.6) is 5.75 Å². The number of nitrogens with zero attached hydrogens (tertiary/aromatic N) is 3. The van der Waals surface area contributed by atoms with Gasteiger partial charge < -0.3 is 19.3 Å². The van der Waals surface area contributed by atoms with E-state index in [9.17, 15) is 4.79 Å². The van der Waals surface area contributed by atoms with Crippen LogP contribution in [-0.4, -0.2) is 47.9 Å². The molecule has 1 aliphatic heterocycles. The van der Waals surface area contributed by atoms with Gasteiger partial charge in [-0.3, -0.25) is 4.90 Å². The van der Waals surface area contributed by atoms with Gasteiger partial charge in [0, 0.05) is 31.0 Å². The Hall–Kier alpha value is -3.65. The molecule has 1 unspecified atom stereocenters. The van der Waals surface area contributed by atoms with E-state index in [1.807, 2.05) is 69.3 Å². The molecule has 8 nitrogen and oxygen atoms in total. The van der Waals surface area contributed by atoms with E-state index in [0.29, 0.717) is 31.5 Å². The van der Waals surface area contributed by atoms with Crippen LogP contribution < -0.4 is 10.1 Å². The first-order valence-corrected chi connectivity index (χ1v) is 11.4. The fourth-order valence-corrected chi connectivity index (χ4v) is 4.00. The molecule has 34 heavy (non-hydrogen) atoms. The topological polar surface area (TPSA) is 89.7 Å². The van der Waals surface area contributed by atoms with Crippen LogP contribution in [0.25, 0.3) is 17.0 Å². The summed E-state index contributed by atoms with van der Waals surface area (Å²) in [4.78, 5) is 19.5. The molecule has 1 aliphatic rings. The van der Waals surface area contributed by atoms with Gasteiger partial charge in [-0.25, -0.2) is 4.79 Å². The lowest BCUT2D eigenvalue weighted by atomic mass is 9.94. The first-order chi connectivity index (χ1) is 16.5. The maximum absolute atomic E-state index is 13.1. The molecule has 0 aliphatic carbocycles. The molecule has 8 heteroatoms. The largest absolute Gasteiger partial charge is 0.497 e. The van der Waals surface area contributed by atoms with Gasteiger partial charge in [-0.15, -0.1) is 0 Å². The summed E-state index contributed by atoms with van der Waals surface area (Å²) in [5.41, 5.74) is 4.47. The first-order valence-electron chi connectivity index (χ1n) is 11.4. The van der Waals surface area contributed by atoms with Crippen molar-refractivity contribution in [3.05, 3.63) is 71.2 Å². The Morgan fingerprint density at radius 1 is 1.09 bits per heavy atom. The highest BCUT2D eigenvalue weighted by atomic mass is 16.5. The van der Waals surface area contributed by atoms with Crippen molar-refractivity contribution < 1.29 is 18.8 Å². The lowest BCUT2D eigenvalue weighted by Crippen LogP contribution is -2.46. The van der Waals surface area contributed by atoms with Crippen LogP contribution in [0.15, 0.2) is 58.8 Å². The van der Waals surface area contributed by atoms with E-state index < -0.39 is 6.04 Å². The van der Waals surface area contributed by atoms with Crippen molar-refractivity contribution in [2.24, 2.45) is 0 Å². The van der Waals surface area contributed by atoms with Gasteiger partial charge in [0.25, 0.3) is 5.89 Å². The zero-order valence-electron chi connectivity index (χ0n) is 20.0. The van der Waals surface area contributed by atoms with Crippen molar-refractivity contribution in [1.82, 2.24) is 20.4 Å². The second-order valence-electron chi connectivity index (χ2n) is 8.15. The van der Waals surface area contributed by atoms with E-state index in [2.05, 4.69) is 10.5 Å². The Morgan fingerprint density at radius 2 is 1.82 bits per heavy atom. The van der Waals surface area contributed by atoms with Crippen molar-refractivity contribution in [3.8, 4) is 17.1 Å². The van der Waals surface area contributed by atoms with Crippen molar-refractivity contribution in [2.75, 3.05) is 26.9 Å². The van der Waals surface area contributed by atoms with Crippen LogP contribution >= 0.6 is 0 Å². The number of aromatic nitrogens is 2. The first kappa shape index (κ1) is 23.5. The molecular formula is C26H30N4O4. The lowest BCUT2D eigenvalue weighted by Gasteiger charge is -2.35. The molecule has 1 N–H and O–H groups in total. The average molecular weight is 463 g/mol. The van der Waals surface area contributed by atoms with E-state index >= 15 is 0 Å². The highest BCUT2D eigenvalue weighted by molar-refractivity contribution is 5.86. The Morgan fingerprint density at radius 3 is 2.50 bits per heavy atom. The number of allylic oxidation sites excluding steroid dienone is 1. The summed E-state index contributed by atoms with van der Waals surface area (Å²) < 4.78 is 16.5. The molecule has 0 saturated heterocycles.